The standard InChI is InChI=1S/C28H28N2O7.C28H30N2O5.C25H30N2O5.C16H24N2O3.C10H10O2.C5H9NO/c1-2-3-11-22(30-14-7-10-20(28(30)35)26(33)18-8-5-4-6-9-18)27(34)29-21(16-25(31)32)19-12-13-23-24(15-19)37-17-36-23;1-3-5-13-23(27(32)29-22(4-2)20-14-15-24-25(17-20)35-18-34-24)30-16-9-12-21(28(30)33)26(31)19-10-7-6-8-11-19;1-3-5-11-20(26-24(29)15-21(28)17-9-7-6-8-10-17)25(30)27-19(4-2)18-12-13-22-23(14-18)32-16-31-22;1-3-5-6-12(17)16(19)18-13(4-2)11-7-8-14-15(9-11)21-10-20-14;1-8(11)7-10(12)9-5-3-2-4-6-9;1-6(2)4-3-5-7/h4-10,12-15,21-22H,2-3,11,16-17H2,1H3,(H,29,34)(H,31,32);6-12,14-17,22-23H,3-5,13,18H2,1-2H3,(H,29,32);6-10,12-14,19-20H,3-5,11,15-16H2,1-2H3,(H,26,29)(H,27,30);7-9,12-13H,3-6,10,17H2,1-2H3,(H,18,19);2-6H,7H2,1H3;3-5H,1-2H3/b;;;;;4-3+/t21-,22-;22-,23-;19-,20-;12-,13-;;/m0000../s1. The Balaban J connectivity index is 0.000000204. The van der Waals surface area contributed by atoms with Gasteiger partial charge in [-0.1, -0.05) is 245 Å². The second-order valence-corrected chi connectivity index (χ2v) is 34.6. The lowest BCUT2D eigenvalue weighted by molar-refractivity contribution is -0.138. The van der Waals surface area contributed by atoms with Gasteiger partial charge in [0.2, 0.25) is 56.7 Å². The molecule has 6 heterocycles. The van der Waals surface area contributed by atoms with Crippen molar-refractivity contribution in [3.8, 4) is 46.0 Å². The number of carbonyl (C=O) groups excluding carboxylic acids is 11. The predicted molar refractivity (Wildman–Crippen MR) is 545 cm³/mol. The van der Waals surface area contributed by atoms with Crippen molar-refractivity contribution in [1.82, 2.24) is 40.6 Å². The average molecular weight is 1970 g/mol. The topological polar surface area (TPSA) is 432 Å². The third kappa shape index (κ3) is 33.8. The summed E-state index contributed by atoms with van der Waals surface area (Å²) in [5.41, 5.74) is 10.1. The van der Waals surface area contributed by atoms with Gasteiger partial charge in [0.05, 0.1) is 60.6 Å². The molecule has 14 rings (SSSR count). The lowest BCUT2D eigenvalue weighted by Crippen LogP contribution is -2.48. The van der Waals surface area contributed by atoms with Crippen molar-refractivity contribution in [3.63, 3.8) is 0 Å². The van der Waals surface area contributed by atoms with Crippen LogP contribution in [0.25, 0.3) is 0 Å². The number of hydrogen-bond donors (Lipinski definition) is 7. The van der Waals surface area contributed by atoms with Crippen molar-refractivity contribution in [2.24, 2.45) is 5.73 Å². The Kier molecular flexibility index (Phi) is 45.6. The van der Waals surface area contributed by atoms with Crippen LogP contribution in [0.3, 0.4) is 0 Å². The largest absolute Gasteiger partial charge is 0.481 e. The number of amides is 5. The molecule has 144 heavy (non-hydrogen) atoms. The van der Waals surface area contributed by atoms with E-state index < -0.39 is 64.9 Å². The quantitative estimate of drug-likeness (QED) is 0.00807. The fourth-order valence-electron chi connectivity index (χ4n) is 15.7. The molecule has 32 nitrogen and oxygen atoms in total. The summed E-state index contributed by atoms with van der Waals surface area (Å²) in [6.07, 6.45) is 17.2. The number of ether oxygens (including phenoxy) is 8. The number of pyridine rings is 2. The second-order valence-electron chi connectivity index (χ2n) is 34.6. The maximum atomic E-state index is 13.5. The molecule has 0 unspecified atom stereocenters. The van der Waals surface area contributed by atoms with Gasteiger partial charge in [0.25, 0.3) is 11.1 Å². The van der Waals surface area contributed by atoms with Gasteiger partial charge in [-0.2, -0.15) is 0 Å². The van der Waals surface area contributed by atoms with E-state index in [1.807, 2.05) is 128 Å². The molecule has 8 N–H and O–H groups in total. The molecule has 0 saturated carbocycles. The number of carboxylic acid groups (broad SMARTS) is 1. The number of rotatable bonds is 44. The summed E-state index contributed by atoms with van der Waals surface area (Å²) in [4.78, 5) is 175. The van der Waals surface area contributed by atoms with Crippen LogP contribution in [0, 0.1) is 0 Å². The van der Waals surface area contributed by atoms with Crippen molar-refractivity contribution in [2.75, 3.05) is 41.3 Å². The molecule has 2 aromatic heterocycles. The first kappa shape index (κ1) is 112. The highest BCUT2D eigenvalue weighted by Crippen LogP contribution is 2.40. The number of fused-ring (bicyclic) bond motifs is 4. The maximum absolute atomic E-state index is 13.5. The first-order chi connectivity index (χ1) is 69.5. The molecular formula is C112H131N9O23. The molecule has 0 spiro atoms. The zero-order chi connectivity index (χ0) is 104. The maximum Gasteiger partial charge on any atom is 0.305 e. The van der Waals surface area contributed by atoms with Gasteiger partial charge < -0.3 is 89.4 Å². The number of ketones is 5. The number of aromatic nitrogens is 2. The first-order valence-electron chi connectivity index (χ1n) is 48.7. The Morgan fingerprint density at radius 3 is 1.06 bits per heavy atom. The number of aldehydes is 1. The van der Waals surface area contributed by atoms with E-state index in [1.54, 1.807) is 151 Å². The molecule has 8 aromatic carbocycles. The summed E-state index contributed by atoms with van der Waals surface area (Å²) in [5, 5.41) is 24.2. The molecule has 10 aromatic rings. The first-order valence-corrected chi connectivity index (χ1v) is 48.7. The minimum atomic E-state index is -1.10. The Hall–Kier alpha value is -15.6. The highest BCUT2D eigenvalue weighted by molar-refractivity contribution is 6.10. The highest BCUT2D eigenvalue weighted by Gasteiger charge is 2.33. The van der Waals surface area contributed by atoms with Crippen LogP contribution in [0.4, 0.5) is 0 Å². The van der Waals surface area contributed by atoms with Crippen molar-refractivity contribution >= 4 is 70.7 Å². The number of unbranched alkanes of at least 4 members (excludes halogenated alkanes) is 4. The number of Topliss-reactive ketones (excluding diaryl/α,β-unsaturated/α-hetero) is 3. The van der Waals surface area contributed by atoms with Crippen LogP contribution < -0.4 is 81.3 Å². The Morgan fingerprint density at radius 1 is 0.389 bits per heavy atom. The summed E-state index contributed by atoms with van der Waals surface area (Å²) >= 11 is 0. The number of hydrogen-bond acceptors (Lipinski definition) is 24. The molecule has 0 bridgehead atoms. The van der Waals surface area contributed by atoms with Crippen LogP contribution in [0.15, 0.2) is 253 Å². The minimum absolute atomic E-state index is 0.00398. The number of carbonyl (C=O) groups is 12. The monoisotopic (exact) mass is 1970 g/mol. The molecule has 762 valence electrons. The third-order valence-electron chi connectivity index (χ3n) is 23.6. The van der Waals surface area contributed by atoms with E-state index in [0.717, 1.165) is 92.3 Å². The molecule has 0 aliphatic carbocycles. The summed E-state index contributed by atoms with van der Waals surface area (Å²) in [5.74, 6) is 1.24. The van der Waals surface area contributed by atoms with E-state index in [2.05, 4.69) is 33.5 Å². The third-order valence-corrected chi connectivity index (χ3v) is 23.6. The number of benzene rings is 8. The minimum Gasteiger partial charge on any atom is -0.481 e. The molecule has 8 atom stereocenters. The van der Waals surface area contributed by atoms with Gasteiger partial charge >= 0.3 is 5.97 Å². The Bertz CT molecular complexity index is 6110. The van der Waals surface area contributed by atoms with Gasteiger partial charge in [0.15, 0.2) is 69.1 Å². The number of allylic oxidation sites excluding steroid dienone is 1. The van der Waals surface area contributed by atoms with Gasteiger partial charge in [-0.3, -0.25) is 67.1 Å². The van der Waals surface area contributed by atoms with E-state index in [4.69, 9.17) is 43.6 Å². The van der Waals surface area contributed by atoms with Crippen LogP contribution in [-0.2, 0) is 38.4 Å². The van der Waals surface area contributed by atoms with Crippen LogP contribution >= 0.6 is 0 Å². The fraction of sp³-hybridized carbons (Fsp3) is 0.357. The predicted octanol–water partition coefficient (Wildman–Crippen LogP) is 17.2. The summed E-state index contributed by atoms with van der Waals surface area (Å²) in [6.45, 7) is 16.2. The smallest absolute Gasteiger partial charge is 0.305 e. The Morgan fingerprint density at radius 2 is 0.715 bits per heavy atom. The van der Waals surface area contributed by atoms with Crippen molar-refractivity contribution in [2.45, 2.75) is 219 Å². The Labute approximate surface area is 839 Å². The van der Waals surface area contributed by atoms with Gasteiger partial charge in [-0.05, 0) is 153 Å². The van der Waals surface area contributed by atoms with E-state index in [1.165, 1.54) is 40.5 Å². The van der Waals surface area contributed by atoms with Crippen molar-refractivity contribution in [1.29, 1.82) is 0 Å². The number of aliphatic carboxylic acids is 1. The number of nitrogens with zero attached hydrogens (tertiary/aromatic N) is 3. The molecule has 5 amide bonds. The fourth-order valence-corrected chi connectivity index (χ4v) is 15.7. The molecule has 4 aliphatic rings. The normalized spacial score (nSPS) is 13.4. The molecule has 0 radical (unpaired) electrons. The van der Waals surface area contributed by atoms with Gasteiger partial charge in [-0.15, -0.1) is 0 Å². The van der Waals surface area contributed by atoms with Gasteiger partial charge in [0, 0.05) is 54.9 Å². The number of carboxylic acids is 1. The molecular weight excluding hydrogens is 1840 g/mol. The van der Waals surface area contributed by atoms with E-state index in [-0.39, 0.29) is 117 Å². The van der Waals surface area contributed by atoms with Crippen molar-refractivity contribution in [3.05, 3.63) is 319 Å². The lowest BCUT2D eigenvalue weighted by Gasteiger charge is -2.24. The van der Waals surface area contributed by atoms with Gasteiger partial charge in [-0.25, -0.2) is 0 Å². The van der Waals surface area contributed by atoms with Crippen molar-refractivity contribution < 1.29 is 101 Å². The van der Waals surface area contributed by atoms with E-state index in [0.29, 0.717) is 101 Å². The molecule has 4 aliphatic heterocycles. The van der Waals surface area contributed by atoms with Crippen LogP contribution in [0.1, 0.15) is 282 Å². The van der Waals surface area contributed by atoms with Crippen LogP contribution in [0.2, 0.25) is 0 Å². The van der Waals surface area contributed by atoms with Crippen LogP contribution in [-0.4, -0.2) is 143 Å². The molecule has 32 heteroatoms. The second kappa shape index (κ2) is 58.6. The number of nitrogens with two attached hydrogens (primary N) is 1. The molecule has 0 fully saturated rings. The lowest BCUT2D eigenvalue weighted by atomic mass is 10.0. The summed E-state index contributed by atoms with van der Waals surface area (Å²) in [6, 6.07) is 58.6. The zero-order valence-electron chi connectivity index (χ0n) is 83.2. The SMILES string of the molecule is CC(=O)CC(=O)c1ccccc1.CCCC[C@@H](C(=O)N[C@@H](CC(=O)O)c1ccc2c(c1)OCO2)n1cccc(C(=O)c2ccccc2)c1=O.CCCC[C@@H](C(=O)N[C@@H](CC)c1ccc2c(c1)OCO2)n1cccc(C(=O)c2ccccc2)c1=O.CCCC[C@H](N)C(=O)N[C@@H](CC)c1ccc2c(c1)OCO2.CCCC[C@H](NC(=O)CC(=O)c1ccccc1)C(=O)N[C@@H](CC)c1ccc2c(c1)OCO2.CN(C)/C=C/C=O. The highest BCUT2D eigenvalue weighted by atomic mass is 16.7. The number of nitrogens with one attached hydrogen (secondary N) is 5. The average Bonchev–Trinajstić information content (AvgIpc) is 0.943. The zero-order valence-corrected chi connectivity index (χ0v) is 83.2. The van der Waals surface area contributed by atoms with E-state index >= 15 is 0 Å². The van der Waals surface area contributed by atoms with E-state index in [9.17, 15) is 72.2 Å². The van der Waals surface area contributed by atoms with Crippen LogP contribution in [0.5, 0.6) is 46.0 Å². The molecule has 0 saturated heterocycles. The summed E-state index contributed by atoms with van der Waals surface area (Å²) < 4.78 is 45.7. The van der Waals surface area contributed by atoms with Gasteiger partial charge in [0.1, 0.15) is 30.2 Å². The summed E-state index contributed by atoms with van der Waals surface area (Å²) in [7, 11) is 3.72.